The van der Waals surface area contributed by atoms with Crippen LogP contribution >= 0.6 is 11.3 Å². The van der Waals surface area contributed by atoms with Crippen LogP contribution in [0.15, 0.2) is 41.8 Å². The lowest BCUT2D eigenvalue weighted by atomic mass is 10.1. The summed E-state index contributed by atoms with van der Waals surface area (Å²) in [7, 11) is 0. The maximum Gasteiger partial charge on any atom is 0.255 e. The summed E-state index contributed by atoms with van der Waals surface area (Å²) in [4.78, 5) is 20.1. The van der Waals surface area contributed by atoms with Crippen LogP contribution < -0.4 is 0 Å². The Hall–Kier alpha value is -1.94. The van der Waals surface area contributed by atoms with Crippen molar-refractivity contribution in [3.05, 3.63) is 53.1 Å². The van der Waals surface area contributed by atoms with Gasteiger partial charge in [0.1, 0.15) is 0 Å². The van der Waals surface area contributed by atoms with E-state index in [0.29, 0.717) is 18.7 Å². The number of carbonyl (C=O) groups is 1. The first-order valence-electron chi connectivity index (χ1n) is 6.98. The summed E-state index contributed by atoms with van der Waals surface area (Å²) in [6.45, 7) is 10.9. The molecule has 0 aromatic carbocycles. The molecule has 2 heterocycles. The zero-order valence-electron chi connectivity index (χ0n) is 12.7. The van der Waals surface area contributed by atoms with Crippen molar-refractivity contribution in [2.24, 2.45) is 0 Å². The highest BCUT2D eigenvalue weighted by atomic mass is 32.1. The lowest BCUT2D eigenvalue weighted by Crippen LogP contribution is -2.32. The number of nitrogens with zero attached hydrogens (tertiary/aromatic N) is 2. The number of aromatic nitrogens is 1. The van der Waals surface area contributed by atoms with Crippen LogP contribution in [0.25, 0.3) is 10.6 Å². The molecule has 4 heteroatoms. The first-order valence-corrected chi connectivity index (χ1v) is 7.86. The van der Waals surface area contributed by atoms with Crippen molar-refractivity contribution >= 4 is 17.2 Å². The summed E-state index contributed by atoms with van der Waals surface area (Å²) >= 11 is 1.65. The van der Waals surface area contributed by atoms with Crippen molar-refractivity contribution in [2.75, 3.05) is 13.1 Å². The first-order chi connectivity index (χ1) is 10.0. The Bertz CT molecular complexity index is 647. The predicted octanol–water partition coefficient (Wildman–Crippen LogP) is 4.16. The van der Waals surface area contributed by atoms with Crippen LogP contribution in [0.5, 0.6) is 0 Å². The van der Waals surface area contributed by atoms with Gasteiger partial charge in [0.25, 0.3) is 5.91 Å². The molecule has 0 radical (unpaired) electrons. The number of amides is 1. The molecule has 2 rings (SSSR count). The van der Waals surface area contributed by atoms with E-state index in [4.69, 9.17) is 0 Å². The van der Waals surface area contributed by atoms with E-state index in [1.165, 1.54) is 0 Å². The maximum absolute atomic E-state index is 12.6. The van der Waals surface area contributed by atoms with Crippen LogP contribution in [-0.4, -0.2) is 28.9 Å². The van der Waals surface area contributed by atoms with Gasteiger partial charge in [0.15, 0.2) is 0 Å². The van der Waals surface area contributed by atoms with Gasteiger partial charge < -0.3 is 4.90 Å². The van der Waals surface area contributed by atoms with Gasteiger partial charge in [-0.15, -0.1) is 11.3 Å². The monoisotopic (exact) mass is 300 g/mol. The lowest BCUT2D eigenvalue weighted by Gasteiger charge is -2.21. The fourth-order valence-corrected chi connectivity index (χ4v) is 2.87. The van der Waals surface area contributed by atoms with Gasteiger partial charge in [0.05, 0.1) is 21.8 Å². The third-order valence-electron chi connectivity index (χ3n) is 3.22. The third-order valence-corrected chi connectivity index (χ3v) is 4.11. The summed E-state index contributed by atoms with van der Waals surface area (Å²) in [6.07, 6.45) is 0. The lowest BCUT2D eigenvalue weighted by molar-refractivity contribution is 0.0777. The number of rotatable bonds is 5. The van der Waals surface area contributed by atoms with Crippen LogP contribution in [0.4, 0.5) is 0 Å². The molecule has 0 unspecified atom stereocenters. The Morgan fingerprint density at radius 2 is 2.14 bits per heavy atom. The van der Waals surface area contributed by atoms with E-state index in [1.807, 2.05) is 50.4 Å². The van der Waals surface area contributed by atoms with E-state index in [1.54, 1.807) is 16.2 Å². The first kappa shape index (κ1) is 15.4. The average molecular weight is 300 g/mol. The van der Waals surface area contributed by atoms with Crippen molar-refractivity contribution in [3.63, 3.8) is 0 Å². The highest BCUT2D eigenvalue weighted by Crippen LogP contribution is 2.24. The van der Waals surface area contributed by atoms with E-state index in [2.05, 4.69) is 11.6 Å². The molecule has 0 aliphatic rings. The van der Waals surface area contributed by atoms with E-state index in [9.17, 15) is 4.79 Å². The molecular weight excluding hydrogens is 280 g/mol. The van der Waals surface area contributed by atoms with Gasteiger partial charge in [-0.1, -0.05) is 18.2 Å². The molecular formula is C17H20N2OS. The van der Waals surface area contributed by atoms with Crippen LogP contribution in [0, 0.1) is 6.92 Å². The van der Waals surface area contributed by atoms with Gasteiger partial charge in [0, 0.05) is 13.1 Å². The predicted molar refractivity (Wildman–Crippen MR) is 88.7 cm³/mol. The smallest absolute Gasteiger partial charge is 0.255 e. The highest BCUT2D eigenvalue weighted by Gasteiger charge is 2.17. The molecule has 2 aromatic rings. The van der Waals surface area contributed by atoms with Gasteiger partial charge in [-0.05, 0) is 44.4 Å². The Morgan fingerprint density at radius 3 is 2.67 bits per heavy atom. The van der Waals surface area contributed by atoms with Gasteiger partial charge in [-0.25, -0.2) is 0 Å². The van der Waals surface area contributed by atoms with Gasteiger partial charge in [-0.2, -0.15) is 0 Å². The Kier molecular flexibility index (Phi) is 4.91. The zero-order valence-corrected chi connectivity index (χ0v) is 13.5. The molecule has 0 aliphatic carbocycles. The maximum atomic E-state index is 12.6. The Balaban J connectivity index is 2.28. The van der Waals surface area contributed by atoms with Crippen molar-refractivity contribution in [3.8, 4) is 10.6 Å². The van der Waals surface area contributed by atoms with Crippen LogP contribution in [-0.2, 0) is 0 Å². The molecule has 0 spiro atoms. The number of thiophene rings is 1. The molecule has 0 saturated carbocycles. The zero-order chi connectivity index (χ0) is 15.4. The second-order valence-corrected chi connectivity index (χ2v) is 6.03. The summed E-state index contributed by atoms with van der Waals surface area (Å²) in [5.41, 5.74) is 3.33. The van der Waals surface area contributed by atoms with E-state index < -0.39 is 0 Å². The second-order valence-electron chi connectivity index (χ2n) is 5.08. The fraction of sp³-hybridized carbons (Fsp3) is 0.294. The Morgan fingerprint density at radius 1 is 1.38 bits per heavy atom. The second kappa shape index (κ2) is 6.68. The minimum absolute atomic E-state index is 0.0169. The molecule has 0 atom stereocenters. The number of hydrogen-bond donors (Lipinski definition) is 0. The number of likely N-dealkylation sites (N-methyl/N-ethyl adjacent to an activating group) is 1. The largest absolute Gasteiger partial charge is 0.335 e. The normalized spacial score (nSPS) is 10.4. The third kappa shape index (κ3) is 3.58. The number of aryl methyl sites for hydroxylation is 1. The molecule has 0 aliphatic heterocycles. The highest BCUT2D eigenvalue weighted by molar-refractivity contribution is 7.13. The van der Waals surface area contributed by atoms with E-state index in [-0.39, 0.29) is 5.91 Å². The molecule has 3 nitrogen and oxygen atoms in total. The Labute approximate surface area is 129 Å². The van der Waals surface area contributed by atoms with Crippen molar-refractivity contribution in [2.45, 2.75) is 20.8 Å². The quantitative estimate of drug-likeness (QED) is 0.777. The van der Waals surface area contributed by atoms with Gasteiger partial charge in [0.2, 0.25) is 0 Å². The van der Waals surface area contributed by atoms with Crippen LogP contribution in [0.2, 0.25) is 0 Å². The molecule has 2 aromatic heterocycles. The summed E-state index contributed by atoms with van der Waals surface area (Å²) in [5, 5.41) is 2.02. The molecule has 1 amide bonds. The molecule has 0 saturated heterocycles. The van der Waals surface area contributed by atoms with Crippen molar-refractivity contribution < 1.29 is 4.79 Å². The minimum atomic E-state index is 0.0169. The van der Waals surface area contributed by atoms with Crippen molar-refractivity contribution in [1.82, 2.24) is 9.88 Å². The fourth-order valence-electron chi connectivity index (χ4n) is 2.17. The van der Waals surface area contributed by atoms with Gasteiger partial charge in [-0.3, -0.25) is 9.78 Å². The topological polar surface area (TPSA) is 33.2 Å². The number of carbonyl (C=O) groups excluding carboxylic acids is 1. The molecule has 0 fully saturated rings. The van der Waals surface area contributed by atoms with Crippen molar-refractivity contribution in [1.29, 1.82) is 0 Å². The van der Waals surface area contributed by atoms with Gasteiger partial charge >= 0.3 is 0 Å². The number of hydrogen-bond acceptors (Lipinski definition) is 3. The number of pyridine rings is 1. The summed E-state index contributed by atoms with van der Waals surface area (Å²) in [5.74, 6) is 0.0169. The van der Waals surface area contributed by atoms with Crippen LogP contribution in [0.3, 0.4) is 0 Å². The van der Waals surface area contributed by atoms with Crippen LogP contribution in [0.1, 0.15) is 29.9 Å². The minimum Gasteiger partial charge on any atom is -0.335 e. The standard InChI is InChI=1S/C17H20N2OS/c1-5-19(11-12(2)3)17(20)14-8-9-15(18-13(14)4)16-7-6-10-21-16/h6-10H,2,5,11H2,1,3-4H3. The molecule has 0 N–H and O–H groups in total. The van der Waals surface area contributed by atoms with E-state index in [0.717, 1.165) is 21.8 Å². The summed E-state index contributed by atoms with van der Waals surface area (Å²) in [6, 6.07) is 7.83. The SMILES string of the molecule is C=C(C)CN(CC)C(=O)c1ccc(-c2cccs2)nc1C. The molecule has 0 bridgehead atoms. The molecule has 110 valence electrons. The summed E-state index contributed by atoms with van der Waals surface area (Å²) < 4.78 is 0. The average Bonchev–Trinajstić information content (AvgIpc) is 2.98. The van der Waals surface area contributed by atoms with E-state index >= 15 is 0 Å². The molecule has 21 heavy (non-hydrogen) atoms.